The van der Waals surface area contributed by atoms with Gasteiger partial charge in [-0.05, 0) is 18.6 Å². The zero-order valence-corrected chi connectivity index (χ0v) is 8.81. The van der Waals surface area contributed by atoms with Crippen LogP contribution in [-0.2, 0) is 0 Å². The minimum Gasteiger partial charge on any atom is -0.394 e. The largest absolute Gasteiger partial charge is 0.394 e. The molecule has 2 atom stereocenters. The summed E-state index contributed by atoms with van der Waals surface area (Å²) in [6.45, 7) is 4.12. The molecule has 12 heavy (non-hydrogen) atoms. The molecule has 2 nitrogen and oxygen atoms in total. The van der Waals surface area contributed by atoms with Crippen LogP contribution in [0.5, 0.6) is 0 Å². The fourth-order valence-corrected chi connectivity index (χ4v) is 2.31. The Morgan fingerprint density at radius 2 is 1.92 bits per heavy atom. The van der Waals surface area contributed by atoms with Crippen molar-refractivity contribution >= 4 is 11.8 Å². The molecule has 3 heteroatoms. The number of aliphatic hydroxyl groups excluding tert-OH is 2. The molecule has 0 heterocycles. The van der Waals surface area contributed by atoms with E-state index in [4.69, 9.17) is 5.11 Å². The molecule has 0 fully saturated rings. The topological polar surface area (TPSA) is 40.5 Å². The Morgan fingerprint density at radius 3 is 2.33 bits per heavy atom. The van der Waals surface area contributed by atoms with Gasteiger partial charge in [-0.1, -0.05) is 20.3 Å². The van der Waals surface area contributed by atoms with Gasteiger partial charge >= 0.3 is 0 Å². The van der Waals surface area contributed by atoms with E-state index in [2.05, 4.69) is 13.8 Å². The summed E-state index contributed by atoms with van der Waals surface area (Å²) in [7, 11) is 0. The molecule has 74 valence electrons. The predicted molar refractivity (Wildman–Crippen MR) is 54.5 cm³/mol. The van der Waals surface area contributed by atoms with Gasteiger partial charge in [0.2, 0.25) is 0 Å². The van der Waals surface area contributed by atoms with Crippen LogP contribution in [0, 0.1) is 0 Å². The van der Waals surface area contributed by atoms with Crippen LogP contribution < -0.4 is 0 Å². The Labute approximate surface area is 79.4 Å². The summed E-state index contributed by atoms with van der Waals surface area (Å²) < 4.78 is 0. The standard InChI is InChI=1S/C9H20O2S/c1-3-5-9(8(11)7-10)12-6-4-2/h8-11H,3-7H2,1-2H3/t8-,9+/m0/s1. The van der Waals surface area contributed by atoms with Gasteiger partial charge in [0, 0.05) is 5.25 Å². The van der Waals surface area contributed by atoms with Gasteiger partial charge in [-0.2, -0.15) is 11.8 Å². The fraction of sp³-hybridized carbons (Fsp3) is 1.00. The second-order valence-corrected chi connectivity index (χ2v) is 4.29. The highest BCUT2D eigenvalue weighted by molar-refractivity contribution is 7.99. The molecule has 0 aromatic rings. The van der Waals surface area contributed by atoms with Crippen LogP contribution >= 0.6 is 11.8 Å². The van der Waals surface area contributed by atoms with E-state index in [1.54, 1.807) is 11.8 Å². The molecule has 0 bridgehead atoms. The van der Waals surface area contributed by atoms with Crippen molar-refractivity contribution in [3.8, 4) is 0 Å². The molecule has 0 aliphatic heterocycles. The highest BCUT2D eigenvalue weighted by atomic mass is 32.2. The zero-order chi connectivity index (χ0) is 9.40. The molecule has 0 radical (unpaired) electrons. The van der Waals surface area contributed by atoms with Crippen LogP contribution in [0.2, 0.25) is 0 Å². The van der Waals surface area contributed by atoms with Crippen LogP contribution in [0.4, 0.5) is 0 Å². The lowest BCUT2D eigenvalue weighted by molar-refractivity contribution is 0.0911. The van der Waals surface area contributed by atoms with E-state index in [1.165, 1.54) is 0 Å². The summed E-state index contributed by atoms with van der Waals surface area (Å²) in [4.78, 5) is 0. The molecule has 0 amide bonds. The number of hydrogen-bond donors (Lipinski definition) is 2. The summed E-state index contributed by atoms with van der Waals surface area (Å²) in [5.74, 6) is 1.07. The van der Waals surface area contributed by atoms with Crippen LogP contribution in [0.15, 0.2) is 0 Å². The quantitative estimate of drug-likeness (QED) is 0.644. The Balaban J connectivity index is 3.68. The third-order valence-electron chi connectivity index (χ3n) is 1.73. The average Bonchev–Trinajstić information content (AvgIpc) is 2.11. The van der Waals surface area contributed by atoms with E-state index in [-0.39, 0.29) is 11.9 Å². The smallest absolute Gasteiger partial charge is 0.0889 e. The molecule has 0 spiro atoms. The zero-order valence-electron chi connectivity index (χ0n) is 7.99. The number of thioether (sulfide) groups is 1. The van der Waals surface area contributed by atoms with Crippen LogP contribution in [-0.4, -0.2) is 33.9 Å². The molecular formula is C9H20O2S. The maximum absolute atomic E-state index is 9.40. The molecule has 0 saturated heterocycles. The highest BCUT2D eigenvalue weighted by Crippen LogP contribution is 2.20. The third-order valence-corrected chi connectivity index (χ3v) is 3.35. The summed E-state index contributed by atoms with van der Waals surface area (Å²) in [6, 6.07) is 0. The van der Waals surface area contributed by atoms with Crippen molar-refractivity contribution in [3.05, 3.63) is 0 Å². The van der Waals surface area contributed by atoms with Gasteiger partial charge < -0.3 is 10.2 Å². The van der Waals surface area contributed by atoms with Gasteiger partial charge in [0.1, 0.15) is 0 Å². The summed E-state index contributed by atoms with van der Waals surface area (Å²) in [6.07, 6.45) is 2.65. The van der Waals surface area contributed by atoms with Crippen molar-refractivity contribution in [3.63, 3.8) is 0 Å². The van der Waals surface area contributed by atoms with Crippen molar-refractivity contribution in [1.82, 2.24) is 0 Å². The lowest BCUT2D eigenvalue weighted by Gasteiger charge is -2.19. The second-order valence-electron chi connectivity index (χ2n) is 2.95. The molecule has 2 N–H and O–H groups in total. The van der Waals surface area contributed by atoms with E-state index in [0.29, 0.717) is 0 Å². The maximum atomic E-state index is 9.40. The first-order chi connectivity index (χ1) is 5.76. The fourth-order valence-electron chi connectivity index (χ4n) is 1.06. The molecule has 0 unspecified atom stereocenters. The lowest BCUT2D eigenvalue weighted by Crippen LogP contribution is -2.26. The minimum absolute atomic E-state index is 0.110. The number of aliphatic hydroxyl groups is 2. The number of hydrogen-bond acceptors (Lipinski definition) is 3. The summed E-state index contributed by atoms with van der Waals surface area (Å²) in [5, 5.41) is 18.4. The van der Waals surface area contributed by atoms with Gasteiger partial charge in [-0.3, -0.25) is 0 Å². The van der Waals surface area contributed by atoms with Crippen LogP contribution in [0.3, 0.4) is 0 Å². The van der Waals surface area contributed by atoms with E-state index < -0.39 is 6.10 Å². The Morgan fingerprint density at radius 1 is 1.25 bits per heavy atom. The molecule has 0 aliphatic rings. The summed E-state index contributed by atoms with van der Waals surface area (Å²) in [5.41, 5.74) is 0. The van der Waals surface area contributed by atoms with Gasteiger partial charge in [0.25, 0.3) is 0 Å². The normalized spacial score (nSPS) is 16.0. The third kappa shape index (κ3) is 5.01. The Hall–Kier alpha value is 0.270. The maximum Gasteiger partial charge on any atom is 0.0889 e. The monoisotopic (exact) mass is 192 g/mol. The van der Waals surface area contributed by atoms with Crippen molar-refractivity contribution in [2.45, 2.75) is 44.5 Å². The van der Waals surface area contributed by atoms with E-state index in [0.717, 1.165) is 25.0 Å². The van der Waals surface area contributed by atoms with E-state index >= 15 is 0 Å². The van der Waals surface area contributed by atoms with E-state index in [9.17, 15) is 5.11 Å². The highest BCUT2D eigenvalue weighted by Gasteiger charge is 2.16. The Kier molecular flexibility index (Phi) is 8.07. The first kappa shape index (κ1) is 12.3. The van der Waals surface area contributed by atoms with Gasteiger partial charge in [-0.25, -0.2) is 0 Å². The average molecular weight is 192 g/mol. The first-order valence-electron chi connectivity index (χ1n) is 4.66. The predicted octanol–water partition coefficient (Wildman–Crippen LogP) is 1.65. The van der Waals surface area contributed by atoms with Gasteiger partial charge in [0.05, 0.1) is 12.7 Å². The lowest BCUT2D eigenvalue weighted by atomic mass is 10.2. The van der Waals surface area contributed by atoms with Crippen molar-refractivity contribution < 1.29 is 10.2 Å². The summed E-state index contributed by atoms with van der Waals surface area (Å²) >= 11 is 1.77. The Bertz CT molecular complexity index is 98.5. The van der Waals surface area contributed by atoms with Crippen molar-refractivity contribution in [2.24, 2.45) is 0 Å². The first-order valence-corrected chi connectivity index (χ1v) is 5.71. The van der Waals surface area contributed by atoms with E-state index in [1.807, 2.05) is 0 Å². The van der Waals surface area contributed by atoms with Gasteiger partial charge in [0.15, 0.2) is 0 Å². The van der Waals surface area contributed by atoms with Crippen LogP contribution in [0.1, 0.15) is 33.1 Å². The minimum atomic E-state index is -0.540. The molecule has 0 aromatic carbocycles. The molecule has 0 rings (SSSR count). The van der Waals surface area contributed by atoms with Gasteiger partial charge in [-0.15, -0.1) is 0 Å². The molecule has 0 saturated carbocycles. The van der Waals surface area contributed by atoms with Crippen molar-refractivity contribution in [2.75, 3.05) is 12.4 Å². The molecule has 0 aliphatic carbocycles. The van der Waals surface area contributed by atoms with Crippen molar-refractivity contribution in [1.29, 1.82) is 0 Å². The molecule has 0 aromatic heterocycles. The molecular weight excluding hydrogens is 172 g/mol. The SMILES string of the molecule is CCCS[C@H](CCC)[C@@H](O)CO. The van der Waals surface area contributed by atoms with Crippen LogP contribution in [0.25, 0.3) is 0 Å². The number of rotatable bonds is 7. The second kappa shape index (κ2) is 7.90.